The molecule has 5 nitrogen and oxygen atoms in total. The summed E-state index contributed by atoms with van der Waals surface area (Å²) in [4.78, 5) is 10.9. The van der Waals surface area contributed by atoms with Gasteiger partial charge in [-0.3, -0.25) is 0 Å². The number of carbonyl (C=O) groups is 1. The molecule has 0 spiro atoms. The molecule has 0 aliphatic carbocycles. The average Bonchev–Trinajstić information content (AvgIpc) is 2.30. The third-order valence-corrected chi connectivity index (χ3v) is 4.44. The third-order valence-electron chi connectivity index (χ3n) is 2.54. The van der Waals surface area contributed by atoms with E-state index in [1.807, 2.05) is 0 Å². The van der Waals surface area contributed by atoms with Gasteiger partial charge in [-0.1, -0.05) is 17.7 Å². The zero-order valence-electron chi connectivity index (χ0n) is 10.5. The van der Waals surface area contributed by atoms with Crippen LogP contribution in [0.2, 0.25) is 5.02 Å². The van der Waals surface area contributed by atoms with E-state index in [4.69, 9.17) is 16.7 Å². The second kappa shape index (κ2) is 5.73. The number of aromatic carboxylic acids is 1. The van der Waals surface area contributed by atoms with Crippen LogP contribution < -0.4 is 4.72 Å². The summed E-state index contributed by atoms with van der Waals surface area (Å²) in [5.41, 5.74) is -0.000191. The van der Waals surface area contributed by atoms with Crippen LogP contribution >= 0.6 is 11.6 Å². The molecule has 0 fully saturated rings. The number of sulfonamides is 1. The van der Waals surface area contributed by atoms with E-state index < -0.39 is 22.0 Å². The Balaban J connectivity index is 3.42. The maximum atomic E-state index is 12.1. The fraction of sp³-hybridized carbons (Fsp3) is 0.250. The zero-order valence-corrected chi connectivity index (χ0v) is 12.0. The molecule has 0 aromatic heterocycles. The van der Waals surface area contributed by atoms with Gasteiger partial charge in [0.1, 0.15) is 0 Å². The van der Waals surface area contributed by atoms with Gasteiger partial charge in [-0.15, -0.1) is 6.58 Å². The Kier molecular flexibility index (Phi) is 4.73. The number of rotatable bonds is 5. The first-order chi connectivity index (χ1) is 8.69. The Morgan fingerprint density at radius 3 is 2.58 bits per heavy atom. The van der Waals surface area contributed by atoms with Gasteiger partial charge < -0.3 is 5.11 Å². The van der Waals surface area contributed by atoms with Crippen LogP contribution in [0.3, 0.4) is 0 Å². The smallest absolute Gasteiger partial charge is 0.336 e. The summed E-state index contributed by atoms with van der Waals surface area (Å²) in [6.45, 7) is 6.51. The lowest BCUT2D eigenvalue weighted by Gasteiger charge is -2.14. The molecule has 0 saturated carbocycles. The largest absolute Gasteiger partial charge is 0.478 e. The predicted octanol–water partition coefficient (Wildman–Crippen LogP) is 2.20. The number of hydrogen-bond donors (Lipinski definition) is 2. The maximum Gasteiger partial charge on any atom is 0.336 e. The van der Waals surface area contributed by atoms with Crippen molar-refractivity contribution in [2.45, 2.75) is 24.8 Å². The monoisotopic (exact) mass is 303 g/mol. The molecule has 0 radical (unpaired) electrons. The van der Waals surface area contributed by atoms with Gasteiger partial charge in [0.05, 0.1) is 10.5 Å². The third kappa shape index (κ3) is 3.56. The highest BCUT2D eigenvalue weighted by molar-refractivity contribution is 7.89. The van der Waals surface area contributed by atoms with E-state index in [1.54, 1.807) is 6.92 Å². The Bertz CT molecular complexity index is 625. The maximum absolute atomic E-state index is 12.1. The topological polar surface area (TPSA) is 83.5 Å². The summed E-state index contributed by atoms with van der Waals surface area (Å²) < 4.78 is 26.6. The van der Waals surface area contributed by atoms with Crippen LogP contribution in [-0.4, -0.2) is 25.5 Å². The van der Waals surface area contributed by atoms with Crippen molar-refractivity contribution in [3.63, 3.8) is 0 Å². The minimum absolute atomic E-state index is 0.0506. The molecule has 7 heteroatoms. The molecule has 1 unspecified atom stereocenters. The van der Waals surface area contributed by atoms with E-state index in [0.29, 0.717) is 0 Å². The number of hydrogen-bond acceptors (Lipinski definition) is 3. The fourth-order valence-electron chi connectivity index (χ4n) is 1.51. The number of carboxylic acids is 1. The van der Waals surface area contributed by atoms with Crippen molar-refractivity contribution >= 4 is 27.6 Å². The summed E-state index contributed by atoms with van der Waals surface area (Å²) in [5, 5.41) is 9.07. The van der Waals surface area contributed by atoms with E-state index in [2.05, 4.69) is 11.3 Å². The van der Waals surface area contributed by atoms with Gasteiger partial charge in [0.15, 0.2) is 0 Å². The normalized spacial score (nSPS) is 13.0. The summed E-state index contributed by atoms with van der Waals surface area (Å²) in [6.07, 6.45) is 1.43. The molecular formula is C12H14ClNO4S. The van der Waals surface area contributed by atoms with Gasteiger partial charge in [-0.25, -0.2) is 17.9 Å². The van der Waals surface area contributed by atoms with Crippen LogP contribution in [-0.2, 0) is 10.0 Å². The highest BCUT2D eigenvalue weighted by Gasteiger charge is 2.23. The number of halogens is 1. The summed E-state index contributed by atoms with van der Waals surface area (Å²) in [7, 11) is -3.85. The first-order valence-corrected chi connectivity index (χ1v) is 7.23. The molecular weight excluding hydrogens is 290 g/mol. The zero-order chi connectivity index (χ0) is 14.8. The molecule has 1 aromatic carbocycles. The van der Waals surface area contributed by atoms with Crippen LogP contribution in [0.4, 0.5) is 0 Å². The van der Waals surface area contributed by atoms with Crippen molar-refractivity contribution in [1.82, 2.24) is 4.72 Å². The van der Waals surface area contributed by atoms with Crippen LogP contribution in [0.25, 0.3) is 0 Å². The molecule has 0 amide bonds. The first-order valence-electron chi connectivity index (χ1n) is 5.37. The van der Waals surface area contributed by atoms with E-state index in [-0.39, 0.29) is 21.0 Å². The second-order valence-corrected chi connectivity index (χ2v) is 6.15. The SMILES string of the molecule is C=CC(C)NS(=O)(=O)c1cc(Cl)cc(C(=O)O)c1C. The van der Waals surface area contributed by atoms with Crippen LogP contribution in [0.15, 0.2) is 29.7 Å². The van der Waals surface area contributed by atoms with Gasteiger partial charge in [0.25, 0.3) is 0 Å². The Hall–Kier alpha value is -1.37. The minimum atomic E-state index is -3.85. The molecule has 0 aliphatic rings. The minimum Gasteiger partial charge on any atom is -0.478 e. The van der Waals surface area contributed by atoms with Crippen molar-refractivity contribution in [3.05, 3.63) is 40.9 Å². The molecule has 0 heterocycles. The fourth-order valence-corrected chi connectivity index (χ4v) is 3.30. The molecule has 1 aromatic rings. The quantitative estimate of drug-likeness (QED) is 0.817. The van der Waals surface area contributed by atoms with E-state index >= 15 is 0 Å². The molecule has 19 heavy (non-hydrogen) atoms. The lowest BCUT2D eigenvalue weighted by atomic mass is 10.1. The molecule has 2 N–H and O–H groups in total. The van der Waals surface area contributed by atoms with Gasteiger partial charge in [-0.05, 0) is 31.5 Å². The lowest BCUT2D eigenvalue weighted by Crippen LogP contribution is -2.31. The molecule has 0 aliphatic heterocycles. The second-order valence-electron chi connectivity index (χ2n) is 4.03. The Morgan fingerprint density at radius 1 is 1.53 bits per heavy atom. The predicted molar refractivity (Wildman–Crippen MR) is 73.1 cm³/mol. The number of nitrogens with one attached hydrogen (secondary N) is 1. The van der Waals surface area contributed by atoms with Crippen LogP contribution in [0.5, 0.6) is 0 Å². The highest BCUT2D eigenvalue weighted by atomic mass is 35.5. The van der Waals surface area contributed by atoms with Crippen molar-refractivity contribution < 1.29 is 18.3 Å². The summed E-state index contributed by atoms with van der Waals surface area (Å²) in [6, 6.07) is 1.97. The number of carboxylic acid groups (broad SMARTS) is 1. The molecule has 1 atom stereocenters. The summed E-state index contributed by atoms with van der Waals surface area (Å²) in [5.74, 6) is -1.23. The van der Waals surface area contributed by atoms with Gasteiger partial charge in [0.2, 0.25) is 10.0 Å². The molecule has 0 saturated heterocycles. The first kappa shape index (κ1) is 15.7. The van der Waals surface area contributed by atoms with Crippen molar-refractivity contribution in [1.29, 1.82) is 0 Å². The van der Waals surface area contributed by atoms with Gasteiger partial charge >= 0.3 is 5.97 Å². The van der Waals surface area contributed by atoms with Gasteiger partial charge in [0, 0.05) is 11.1 Å². The van der Waals surface area contributed by atoms with E-state index in [0.717, 1.165) is 0 Å². The average molecular weight is 304 g/mol. The van der Waals surface area contributed by atoms with E-state index in [9.17, 15) is 13.2 Å². The van der Waals surface area contributed by atoms with Crippen molar-refractivity contribution in [2.75, 3.05) is 0 Å². The summed E-state index contributed by atoms with van der Waals surface area (Å²) >= 11 is 5.77. The van der Waals surface area contributed by atoms with Gasteiger partial charge in [-0.2, -0.15) is 0 Å². The standard InChI is InChI=1S/C12H14ClNO4S/c1-4-7(2)14-19(17,18)11-6-9(13)5-10(8(11)3)12(15)16/h4-7,14H,1H2,2-3H3,(H,15,16). The lowest BCUT2D eigenvalue weighted by molar-refractivity contribution is 0.0696. The van der Waals surface area contributed by atoms with Crippen LogP contribution in [0.1, 0.15) is 22.8 Å². The number of benzene rings is 1. The Morgan fingerprint density at radius 2 is 2.11 bits per heavy atom. The Labute approximate surface area is 117 Å². The molecule has 104 valence electrons. The molecule has 1 rings (SSSR count). The van der Waals surface area contributed by atoms with Crippen LogP contribution in [0, 0.1) is 6.92 Å². The highest BCUT2D eigenvalue weighted by Crippen LogP contribution is 2.24. The van der Waals surface area contributed by atoms with Crippen molar-refractivity contribution in [2.24, 2.45) is 0 Å². The molecule has 0 bridgehead atoms. The van der Waals surface area contributed by atoms with E-state index in [1.165, 1.54) is 25.1 Å². The van der Waals surface area contributed by atoms with Crippen molar-refractivity contribution in [3.8, 4) is 0 Å².